The standard InChI is InChI=1S/C12H24N2O2S2/c1-17-8-3-10(13)11(15)14-9-12(18-2)4-6-16-7-5-12/h10H,3-9,13H2,1-2H3,(H,14,15)/t10-/m0/s1. The summed E-state index contributed by atoms with van der Waals surface area (Å²) in [5, 5.41) is 3.00. The van der Waals surface area contributed by atoms with Crippen LogP contribution in [0.5, 0.6) is 0 Å². The smallest absolute Gasteiger partial charge is 0.236 e. The molecule has 1 amide bonds. The summed E-state index contributed by atoms with van der Waals surface area (Å²) in [6.07, 6.45) is 6.85. The van der Waals surface area contributed by atoms with E-state index >= 15 is 0 Å². The van der Waals surface area contributed by atoms with E-state index in [-0.39, 0.29) is 16.7 Å². The molecule has 0 bridgehead atoms. The van der Waals surface area contributed by atoms with Crippen LogP contribution in [-0.4, -0.2) is 54.7 Å². The number of amides is 1. The number of hydrogen-bond donors (Lipinski definition) is 2. The van der Waals surface area contributed by atoms with Gasteiger partial charge in [0, 0.05) is 24.5 Å². The predicted octanol–water partition coefficient (Wildman–Crippen LogP) is 1.10. The maximum Gasteiger partial charge on any atom is 0.236 e. The third-order valence-electron chi connectivity index (χ3n) is 3.39. The molecule has 0 aromatic carbocycles. The van der Waals surface area contributed by atoms with Crippen LogP contribution in [0, 0.1) is 0 Å². The van der Waals surface area contributed by atoms with Gasteiger partial charge in [0.1, 0.15) is 0 Å². The van der Waals surface area contributed by atoms with Crippen LogP contribution in [0.25, 0.3) is 0 Å². The molecule has 18 heavy (non-hydrogen) atoms. The molecule has 0 radical (unpaired) electrons. The SMILES string of the molecule is CSCC[C@H](N)C(=O)NCC1(SC)CCOCC1. The van der Waals surface area contributed by atoms with E-state index in [1.54, 1.807) is 11.8 Å². The van der Waals surface area contributed by atoms with E-state index in [1.807, 2.05) is 18.0 Å². The molecule has 0 aromatic rings. The summed E-state index contributed by atoms with van der Waals surface area (Å²) in [6.45, 7) is 2.27. The van der Waals surface area contributed by atoms with Gasteiger partial charge in [0.15, 0.2) is 0 Å². The lowest BCUT2D eigenvalue weighted by Gasteiger charge is -2.36. The minimum Gasteiger partial charge on any atom is -0.381 e. The highest BCUT2D eigenvalue weighted by Gasteiger charge is 2.32. The molecular weight excluding hydrogens is 268 g/mol. The van der Waals surface area contributed by atoms with Gasteiger partial charge in [-0.05, 0) is 37.5 Å². The van der Waals surface area contributed by atoms with Crippen LogP contribution >= 0.6 is 23.5 Å². The highest BCUT2D eigenvalue weighted by Crippen LogP contribution is 2.32. The van der Waals surface area contributed by atoms with Crippen molar-refractivity contribution < 1.29 is 9.53 Å². The van der Waals surface area contributed by atoms with Crippen LogP contribution < -0.4 is 11.1 Å². The van der Waals surface area contributed by atoms with Gasteiger partial charge in [-0.1, -0.05) is 0 Å². The van der Waals surface area contributed by atoms with Crippen molar-refractivity contribution in [1.82, 2.24) is 5.32 Å². The van der Waals surface area contributed by atoms with Gasteiger partial charge < -0.3 is 15.8 Å². The summed E-state index contributed by atoms with van der Waals surface area (Å²) in [4.78, 5) is 11.9. The van der Waals surface area contributed by atoms with Crippen LogP contribution in [0.2, 0.25) is 0 Å². The Morgan fingerprint density at radius 1 is 1.44 bits per heavy atom. The number of hydrogen-bond acceptors (Lipinski definition) is 5. The van der Waals surface area contributed by atoms with E-state index in [4.69, 9.17) is 10.5 Å². The molecular formula is C12H24N2O2S2. The molecule has 1 rings (SSSR count). The van der Waals surface area contributed by atoms with Crippen LogP contribution in [-0.2, 0) is 9.53 Å². The molecule has 0 aliphatic carbocycles. The Morgan fingerprint density at radius 2 is 2.11 bits per heavy atom. The van der Waals surface area contributed by atoms with Gasteiger partial charge in [-0.2, -0.15) is 23.5 Å². The third kappa shape index (κ3) is 4.99. The normalized spacial score (nSPS) is 20.4. The second-order valence-corrected chi connectivity index (χ2v) is 6.87. The molecule has 1 atom stereocenters. The van der Waals surface area contributed by atoms with E-state index in [9.17, 15) is 4.79 Å². The van der Waals surface area contributed by atoms with Crippen molar-refractivity contribution in [2.75, 3.05) is 38.0 Å². The highest BCUT2D eigenvalue weighted by molar-refractivity contribution is 8.00. The van der Waals surface area contributed by atoms with Gasteiger partial charge >= 0.3 is 0 Å². The second kappa shape index (κ2) is 8.30. The van der Waals surface area contributed by atoms with E-state index in [1.165, 1.54) is 0 Å². The predicted molar refractivity (Wildman–Crippen MR) is 80.3 cm³/mol. The molecule has 4 nitrogen and oxygen atoms in total. The second-order valence-electron chi connectivity index (χ2n) is 4.61. The number of carbonyl (C=O) groups is 1. The Morgan fingerprint density at radius 3 is 2.67 bits per heavy atom. The van der Waals surface area contributed by atoms with Gasteiger partial charge in [-0.15, -0.1) is 0 Å². The molecule has 0 aromatic heterocycles. The number of nitrogens with two attached hydrogens (primary N) is 1. The molecule has 106 valence electrons. The number of nitrogens with one attached hydrogen (secondary N) is 1. The van der Waals surface area contributed by atoms with Crippen molar-refractivity contribution in [2.45, 2.75) is 30.1 Å². The first-order valence-corrected chi connectivity index (χ1v) is 8.90. The summed E-state index contributed by atoms with van der Waals surface area (Å²) in [5.74, 6) is 0.903. The minimum absolute atomic E-state index is 0.0241. The van der Waals surface area contributed by atoms with Crippen LogP contribution in [0.1, 0.15) is 19.3 Å². The van der Waals surface area contributed by atoms with Gasteiger partial charge in [-0.25, -0.2) is 0 Å². The van der Waals surface area contributed by atoms with Gasteiger partial charge in [0.2, 0.25) is 5.91 Å². The molecule has 1 aliphatic heterocycles. The van der Waals surface area contributed by atoms with Gasteiger partial charge in [-0.3, -0.25) is 4.79 Å². The lowest BCUT2D eigenvalue weighted by Crippen LogP contribution is -2.48. The first-order valence-electron chi connectivity index (χ1n) is 6.29. The van der Waals surface area contributed by atoms with Crippen molar-refractivity contribution >= 4 is 29.4 Å². The molecule has 0 unspecified atom stereocenters. The minimum atomic E-state index is -0.379. The van der Waals surface area contributed by atoms with Crippen LogP contribution in [0.3, 0.4) is 0 Å². The fourth-order valence-electron chi connectivity index (χ4n) is 1.95. The fourth-order valence-corrected chi connectivity index (χ4v) is 3.23. The van der Waals surface area contributed by atoms with Crippen molar-refractivity contribution in [3.8, 4) is 0 Å². The van der Waals surface area contributed by atoms with E-state index in [2.05, 4.69) is 11.6 Å². The van der Waals surface area contributed by atoms with E-state index in [0.717, 1.165) is 38.2 Å². The monoisotopic (exact) mass is 292 g/mol. The average Bonchev–Trinajstić information content (AvgIpc) is 2.43. The van der Waals surface area contributed by atoms with E-state index in [0.29, 0.717) is 6.54 Å². The largest absolute Gasteiger partial charge is 0.381 e. The Bertz CT molecular complexity index is 258. The zero-order valence-electron chi connectivity index (χ0n) is 11.2. The van der Waals surface area contributed by atoms with Gasteiger partial charge in [0.05, 0.1) is 6.04 Å². The topological polar surface area (TPSA) is 64.4 Å². The Labute approximate surface area is 118 Å². The molecule has 0 saturated carbocycles. The molecule has 6 heteroatoms. The molecule has 1 heterocycles. The van der Waals surface area contributed by atoms with Crippen LogP contribution in [0.4, 0.5) is 0 Å². The van der Waals surface area contributed by atoms with Gasteiger partial charge in [0.25, 0.3) is 0 Å². The zero-order valence-corrected chi connectivity index (χ0v) is 12.9. The lowest BCUT2D eigenvalue weighted by molar-refractivity contribution is -0.122. The molecule has 1 aliphatic rings. The molecule has 1 fully saturated rings. The molecule has 1 saturated heterocycles. The Kier molecular flexibility index (Phi) is 7.44. The zero-order chi connectivity index (χ0) is 13.4. The molecule has 3 N–H and O–H groups in total. The summed E-state index contributed by atoms with van der Waals surface area (Å²) in [6, 6.07) is -0.379. The maximum absolute atomic E-state index is 11.9. The maximum atomic E-state index is 11.9. The van der Waals surface area contributed by atoms with E-state index < -0.39 is 0 Å². The summed E-state index contributed by atoms with van der Waals surface area (Å²) >= 11 is 3.54. The Balaban J connectivity index is 2.35. The lowest BCUT2D eigenvalue weighted by atomic mass is 9.99. The quantitative estimate of drug-likeness (QED) is 0.735. The fraction of sp³-hybridized carbons (Fsp3) is 0.917. The highest BCUT2D eigenvalue weighted by atomic mass is 32.2. The average molecular weight is 292 g/mol. The number of thioether (sulfide) groups is 2. The Hall–Kier alpha value is 0.0900. The number of rotatable bonds is 7. The summed E-state index contributed by atoms with van der Waals surface area (Å²) in [7, 11) is 0. The number of carbonyl (C=O) groups excluding carboxylic acids is 1. The summed E-state index contributed by atoms with van der Waals surface area (Å²) in [5.41, 5.74) is 5.85. The first-order chi connectivity index (χ1) is 8.63. The third-order valence-corrected chi connectivity index (χ3v) is 5.45. The molecule has 0 spiro atoms. The van der Waals surface area contributed by atoms with Crippen molar-refractivity contribution in [1.29, 1.82) is 0 Å². The van der Waals surface area contributed by atoms with Crippen molar-refractivity contribution in [3.05, 3.63) is 0 Å². The van der Waals surface area contributed by atoms with Crippen molar-refractivity contribution in [2.24, 2.45) is 5.73 Å². The first kappa shape index (κ1) is 16.1. The summed E-state index contributed by atoms with van der Waals surface area (Å²) < 4.78 is 5.51. The van der Waals surface area contributed by atoms with Crippen molar-refractivity contribution in [3.63, 3.8) is 0 Å². The number of ether oxygens (including phenoxy) is 1. The van der Waals surface area contributed by atoms with Crippen LogP contribution in [0.15, 0.2) is 0 Å².